The van der Waals surface area contributed by atoms with Crippen molar-refractivity contribution >= 4 is 16.6 Å². The van der Waals surface area contributed by atoms with E-state index >= 15 is 0 Å². The molecule has 1 heterocycles. The van der Waals surface area contributed by atoms with Crippen LogP contribution in [0.15, 0.2) is 24.4 Å². The van der Waals surface area contributed by atoms with Gasteiger partial charge in [-0.1, -0.05) is 0 Å². The number of hydrogen-bond acceptors (Lipinski definition) is 2. The Labute approximate surface area is 74.3 Å². The van der Waals surface area contributed by atoms with Crippen molar-refractivity contribution in [1.29, 1.82) is 0 Å². The number of nitrogens with one attached hydrogen (secondary N) is 1. The van der Waals surface area contributed by atoms with Gasteiger partial charge in [0.15, 0.2) is 0 Å². The number of aromatic nitrogens is 1. The highest BCUT2D eigenvalue weighted by Crippen LogP contribution is 2.25. The number of rotatable bonds is 1. The second-order valence-corrected chi connectivity index (χ2v) is 2.91. The first-order valence-corrected chi connectivity index (χ1v) is 3.91. The zero-order valence-electron chi connectivity index (χ0n) is 7.07. The van der Waals surface area contributed by atoms with Crippen molar-refractivity contribution in [3.63, 3.8) is 0 Å². The molecule has 13 heavy (non-hydrogen) atoms. The number of benzene rings is 1. The second kappa shape index (κ2) is 2.58. The molecule has 0 saturated heterocycles. The predicted molar refractivity (Wildman–Crippen MR) is 49.7 cm³/mol. The summed E-state index contributed by atoms with van der Waals surface area (Å²) in [4.78, 5) is 13.2. The lowest BCUT2D eigenvalue weighted by Crippen LogP contribution is -1.91. The highest BCUT2D eigenvalue weighted by Gasteiger charge is 2.12. The molecule has 0 aliphatic carbocycles. The number of nitro benzene ring substituents is 1. The molecule has 4 nitrogen and oxygen atoms in total. The first-order valence-electron chi connectivity index (χ1n) is 3.91. The van der Waals surface area contributed by atoms with Crippen LogP contribution < -0.4 is 0 Å². The molecule has 0 spiro atoms. The van der Waals surface area contributed by atoms with Gasteiger partial charge in [-0.3, -0.25) is 10.1 Å². The Kier molecular flexibility index (Phi) is 1.55. The zero-order chi connectivity index (χ0) is 9.42. The number of fused-ring (bicyclic) bond motifs is 1. The predicted octanol–water partition coefficient (Wildman–Crippen LogP) is 2.38. The minimum atomic E-state index is -0.365. The standard InChI is InChI=1S/C9H8N2O2/c1-6-8(11(12)13)3-2-7-4-5-10-9(6)7/h2-5,10H,1H3. The average molecular weight is 176 g/mol. The van der Waals surface area contributed by atoms with E-state index in [0.717, 1.165) is 10.9 Å². The van der Waals surface area contributed by atoms with Gasteiger partial charge < -0.3 is 4.98 Å². The van der Waals surface area contributed by atoms with E-state index in [1.165, 1.54) is 6.07 Å². The van der Waals surface area contributed by atoms with Gasteiger partial charge in [0.1, 0.15) is 0 Å². The first kappa shape index (κ1) is 7.79. The molecule has 0 fully saturated rings. The first-order chi connectivity index (χ1) is 6.20. The summed E-state index contributed by atoms with van der Waals surface area (Å²) in [6, 6.07) is 5.18. The molecule has 0 bridgehead atoms. The zero-order valence-corrected chi connectivity index (χ0v) is 7.07. The van der Waals surface area contributed by atoms with Gasteiger partial charge in [-0.2, -0.15) is 0 Å². The van der Waals surface area contributed by atoms with Crippen LogP contribution in [0.4, 0.5) is 5.69 Å². The fraction of sp³-hybridized carbons (Fsp3) is 0.111. The van der Waals surface area contributed by atoms with Gasteiger partial charge in [0, 0.05) is 17.6 Å². The van der Waals surface area contributed by atoms with E-state index in [0.29, 0.717) is 5.56 Å². The van der Waals surface area contributed by atoms with E-state index in [4.69, 9.17) is 0 Å². The maximum absolute atomic E-state index is 10.6. The van der Waals surface area contributed by atoms with E-state index in [9.17, 15) is 10.1 Å². The van der Waals surface area contributed by atoms with E-state index < -0.39 is 0 Å². The van der Waals surface area contributed by atoms with Gasteiger partial charge in [-0.15, -0.1) is 0 Å². The molecule has 0 radical (unpaired) electrons. The maximum atomic E-state index is 10.6. The Hall–Kier alpha value is -1.84. The number of nitrogens with zero attached hydrogens (tertiary/aromatic N) is 1. The quantitative estimate of drug-likeness (QED) is 0.535. The summed E-state index contributed by atoms with van der Waals surface area (Å²) < 4.78 is 0. The Morgan fingerprint density at radius 1 is 1.38 bits per heavy atom. The topological polar surface area (TPSA) is 58.9 Å². The largest absolute Gasteiger partial charge is 0.361 e. The van der Waals surface area contributed by atoms with E-state index in [1.807, 2.05) is 6.07 Å². The smallest absolute Gasteiger partial charge is 0.274 e. The monoisotopic (exact) mass is 176 g/mol. The molecule has 0 aliphatic heterocycles. The number of H-pyrrole nitrogens is 1. The highest BCUT2D eigenvalue weighted by molar-refractivity contribution is 5.85. The van der Waals surface area contributed by atoms with Crippen LogP contribution >= 0.6 is 0 Å². The van der Waals surface area contributed by atoms with Crippen LogP contribution in [0.5, 0.6) is 0 Å². The van der Waals surface area contributed by atoms with Crippen LogP contribution in [0.1, 0.15) is 5.56 Å². The van der Waals surface area contributed by atoms with Gasteiger partial charge in [-0.25, -0.2) is 0 Å². The van der Waals surface area contributed by atoms with Crippen LogP contribution in [-0.4, -0.2) is 9.91 Å². The molecule has 2 aromatic rings. The van der Waals surface area contributed by atoms with Crippen molar-refractivity contribution in [1.82, 2.24) is 4.98 Å². The number of hydrogen-bond donors (Lipinski definition) is 1. The van der Waals surface area contributed by atoms with Crippen LogP contribution in [-0.2, 0) is 0 Å². The van der Waals surface area contributed by atoms with Gasteiger partial charge >= 0.3 is 0 Å². The summed E-state index contributed by atoms with van der Waals surface area (Å²) in [7, 11) is 0. The highest BCUT2D eigenvalue weighted by atomic mass is 16.6. The molecular weight excluding hydrogens is 168 g/mol. The lowest BCUT2D eigenvalue weighted by Gasteiger charge is -1.97. The minimum absolute atomic E-state index is 0.162. The summed E-state index contributed by atoms with van der Waals surface area (Å²) in [6.45, 7) is 1.75. The summed E-state index contributed by atoms with van der Waals surface area (Å²) in [5, 5.41) is 11.6. The molecule has 1 N–H and O–H groups in total. The van der Waals surface area contributed by atoms with E-state index in [-0.39, 0.29) is 10.6 Å². The lowest BCUT2D eigenvalue weighted by molar-refractivity contribution is -0.385. The molecule has 0 atom stereocenters. The Bertz CT molecular complexity index is 473. The van der Waals surface area contributed by atoms with E-state index in [2.05, 4.69) is 4.98 Å². The molecule has 1 aromatic carbocycles. The van der Waals surface area contributed by atoms with Gasteiger partial charge in [0.2, 0.25) is 0 Å². The normalized spacial score (nSPS) is 10.5. The molecule has 0 aliphatic rings. The fourth-order valence-corrected chi connectivity index (χ4v) is 1.46. The molecule has 1 aromatic heterocycles. The molecule has 2 rings (SSSR count). The molecule has 0 unspecified atom stereocenters. The van der Waals surface area contributed by atoms with Crippen molar-refractivity contribution < 1.29 is 4.92 Å². The Morgan fingerprint density at radius 2 is 2.15 bits per heavy atom. The van der Waals surface area contributed by atoms with Crippen LogP contribution in [0.25, 0.3) is 10.9 Å². The van der Waals surface area contributed by atoms with Crippen molar-refractivity contribution in [2.45, 2.75) is 6.92 Å². The van der Waals surface area contributed by atoms with Gasteiger partial charge in [0.05, 0.1) is 16.0 Å². The molecule has 0 saturated carbocycles. The van der Waals surface area contributed by atoms with Crippen molar-refractivity contribution in [2.24, 2.45) is 0 Å². The van der Waals surface area contributed by atoms with Crippen LogP contribution in [0.3, 0.4) is 0 Å². The second-order valence-electron chi connectivity index (χ2n) is 2.91. The van der Waals surface area contributed by atoms with E-state index in [1.54, 1.807) is 19.2 Å². The third-order valence-corrected chi connectivity index (χ3v) is 2.16. The fourth-order valence-electron chi connectivity index (χ4n) is 1.46. The average Bonchev–Trinajstić information content (AvgIpc) is 2.52. The molecule has 0 amide bonds. The summed E-state index contributed by atoms with van der Waals surface area (Å²) in [5.41, 5.74) is 1.69. The summed E-state index contributed by atoms with van der Waals surface area (Å²) >= 11 is 0. The van der Waals surface area contributed by atoms with Gasteiger partial charge in [-0.05, 0) is 19.1 Å². The molecule has 66 valence electrons. The minimum Gasteiger partial charge on any atom is -0.361 e. The lowest BCUT2D eigenvalue weighted by atomic mass is 10.1. The third-order valence-electron chi connectivity index (χ3n) is 2.16. The third kappa shape index (κ3) is 1.07. The molecular formula is C9H8N2O2. The van der Waals surface area contributed by atoms with Crippen LogP contribution in [0.2, 0.25) is 0 Å². The summed E-state index contributed by atoms with van der Waals surface area (Å²) in [5.74, 6) is 0. The van der Waals surface area contributed by atoms with Gasteiger partial charge in [0.25, 0.3) is 5.69 Å². The van der Waals surface area contributed by atoms with Crippen molar-refractivity contribution in [3.8, 4) is 0 Å². The summed E-state index contributed by atoms with van der Waals surface area (Å²) in [6.07, 6.45) is 1.78. The maximum Gasteiger partial charge on any atom is 0.274 e. The van der Waals surface area contributed by atoms with Crippen molar-refractivity contribution in [3.05, 3.63) is 40.1 Å². The number of aromatic amines is 1. The van der Waals surface area contributed by atoms with Crippen LogP contribution in [0, 0.1) is 17.0 Å². The number of aryl methyl sites for hydroxylation is 1. The SMILES string of the molecule is Cc1c([N+](=O)[O-])ccc2cc[nH]c12. The number of nitro groups is 1. The molecule has 4 heteroatoms. The Balaban J connectivity index is 2.80. The Morgan fingerprint density at radius 3 is 2.85 bits per heavy atom. The van der Waals surface area contributed by atoms with Crippen molar-refractivity contribution in [2.75, 3.05) is 0 Å².